The largest absolute Gasteiger partial charge is 0.490 e. The number of nitrogens with zero attached hydrogens (tertiary/aromatic N) is 1. The van der Waals surface area contributed by atoms with Crippen LogP contribution >= 0.6 is 11.6 Å². The molecule has 1 aliphatic rings. The standard InChI is InChI=1S/C22H21ClFNO4/c1-3-5-9-28-20-17(23)10-14(12-19(20)27-4-2)11-18-22(26)29-21(25-18)15-7-6-8-16(24)13-15/h6-8,10-13H,3-5,9H2,1-2H3/b18-11-. The summed E-state index contributed by atoms with van der Waals surface area (Å²) in [7, 11) is 0. The average molecular weight is 418 g/mol. The zero-order valence-electron chi connectivity index (χ0n) is 16.2. The summed E-state index contributed by atoms with van der Waals surface area (Å²) in [6, 6.07) is 9.09. The van der Waals surface area contributed by atoms with Gasteiger partial charge in [-0.2, -0.15) is 0 Å². The fourth-order valence-corrected chi connectivity index (χ4v) is 2.98. The van der Waals surface area contributed by atoms with Crippen LogP contribution in [0.5, 0.6) is 11.5 Å². The van der Waals surface area contributed by atoms with Crippen molar-refractivity contribution >= 4 is 29.5 Å². The van der Waals surface area contributed by atoms with Crippen LogP contribution in [0.4, 0.5) is 4.39 Å². The van der Waals surface area contributed by atoms with Gasteiger partial charge in [-0.05, 0) is 55.3 Å². The fourth-order valence-electron chi connectivity index (χ4n) is 2.70. The van der Waals surface area contributed by atoms with Gasteiger partial charge in [-0.15, -0.1) is 0 Å². The summed E-state index contributed by atoms with van der Waals surface area (Å²) in [5.74, 6) is -0.0470. The molecule has 0 unspecified atom stereocenters. The first-order valence-electron chi connectivity index (χ1n) is 9.39. The monoisotopic (exact) mass is 417 g/mol. The quantitative estimate of drug-likeness (QED) is 0.328. The van der Waals surface area contributed by atoms with Gasteiger partial charge in [0.1, 0.15) is 5.82 Å². The second kappa shape index (κ2) is 9.56. The molecule has 29 heavy (non-hydrogen) atoms. The van der Waals surface area contributed by atoms with Crippen molar-refractivity contribution in [3.63, 3.8) is 0 Å². The molecule has 1 aliphatic heterocycles. The maximum absolute atomic E-state index is 13.4. The number of benzene rings is 2. The van der Waals surface area contributed by atoms with Crippen LogP contribution in [0.25, 0.3) is 6.08 Å². The van der Waals surface area contributed by atoms with Crippen LogP contribution in [-0.4, -0.2) is 25.1 Å². The van der Waals surface area contributed by atoms with E-state index in [-0.39, 0.29) is 11.6 Å². The van der Waals surface area contributed by atoms with Gasteiger partial charge in [-0.3, -0.25) is 0 Å². The molecule has 0 saturated heterocycles. The molecule has 0 aromatic heterocycles. The molecule has 0 bridgehead atoms. The van der Waals surface area contributed by atoms with Crippen molar-refractivity contribution < 1.29 is 23.4 Å². The Morgan fingerprint density at radius 3 is 2.76 bits per heavy atom. The van der Waals surface area contributed by atoms with E-state index in [1.54, 1.807) is 24.3 Å². The van der Waals surface area contributed by atoms with Gasteiger partial charge in [0, 0.05) is 5.56 Å². The van der Waals surface area contributed by atoms with E-state index in [4.69, 9.17) is 25.8 Å². The van der Waals surface area contributed by atoms with E-state index in [1.807, 2.05) is 6.92 Å². The van der Waals surface area contributed by atoms with Gasteiger partial charge >= 0.3 is 5.97 Å². The molecule has 0 fully saturated rings. The number of rotatable bonds is 8. The van der Waals surface area contributed by atoms with Crippen molar-refractivity contribution in [3.05, 3.63) is 64.1 Å². The molecule has 5 nitrogen and oxygen atoms in total. The lowest BCUT2D eigenvalue weighted by molar-refractivity contribution is -0.129. The van der Waals surface area contributed by atoms with E-state index in [0.29, 0.717) is 40.9 Å². The second-order valence-electron chi connectivity index (χ2n) is 6.31. The van der Waals surface area contributed by atoms with E-state index in [1.165, 1.54) is 18.2 Å². The Labute approximate surface area is 173 Å². The number of cyclic esters (lactones) is 1. The second-order valence-corrected chi connectivity index (χ2v) is 6.72. The number of halogens is 2. The van der Waals surface area contributed by atoms with Crippen LogP contribution in [-0.2, 0) is 9.53 Å². The molecule has 0 saturated carbocycles. The van der Waals surface area contributed by atoms with Crippen LogP contribution in [0.2, 0.25) is 5.02 Å². The number of hydrogen-bond acceptors (Lipinski definition) is 5. The number of ether oxygens (including phenoxy) is 3. The molecular formula is C22H21ClFNO4. The van der Waals surface area contributed by atoms with E-state index in [9.17, 15) is 9.18 Å². The fraction of sp³-hybridized carbons (Fsp3) is 0.273. The minimum Gasteiger partial charge on any atom is -0.490 e. The molecule has 7 heteroatoms. The third-order valence-electron chi connectivity index (χ3n) is 4.07. The number of carbonyl (C=O) groups excluding carboxylic acids is 1. The van der Waals surface area contributed by atoms with E-state index in [0.717, 1.165) is 12.8 Å². The topological polar surface area (TPSA) is 57.1 Å². The Morgan fingerprint density at radius 1 is 1.21 bits per heavy atom. The summed E-state index contributed by atoms with van der Waals surface area (Å²) in [4.78, 5) is 16.4. The lowest BCUT2D eigenvalue weighted by Gasteiger charge is -2.14. The Kier molecular flexibility index (Phi) is 6.88. The van der Waals surface area contributed by atoms with Crippen LogP contribution in [0.1, 0.15) is 37.8 Å². The number of carbonyl (C=O) groups is 1. The number of esters is 1. The van der Waals surface area contributed by atoms with Crippen molar-refractivity contribution in [3.8, 4) is 11.5 Å². The molecule has 3 rings (SSSR count). The number of unbranched alkanes of at least 4 members (excludes halogenated alkanes) is 1. The predicted octanol–water partition coefficient (Wildman–Crippen LogP) is 5.40. The number of hydrogen-bond donors (Lipinski definition) is 0. The first-order chi connectivity index (χ1) is 14.0. The maximum Gasteiger partial charge on any atom is 0.363 e. The molecule has 0 amide bonds. The minimum atomic E-state index is -0.624. The molecule has 0 aliphatic carbocycles. The molecule has 0 atom stereocenters. The average Bonchev–Trinajstić information content (AvgIpc) is 3.05. The van der Waals surface area contributed by atoms with E-state index < -0.39 is 11.8 Å². The van der Waals surface area contributed by atoms with Crippen molar-refractivity contribution in [1.29, 1.82) is 0 Å². The Morgan fingerprint density at radius 2 is 2.03 bits per heavy atom. The van der Waals surface area contributed by atoms with Crippen LogP contribution in [0, 0.1) is 5.82 Å². The summed E-state index contributed by atoms with van der Waals surface area (Å²) in [5, 5.41) is 0.375. The molecular weight excluding hydrogens is 397 g/mol. The summed E-state index contributed by atoms with van der Waals surface area (Å²) in [5.41, 5.74) is 1.08. The smallest absolute Gasteiger partial charge is 0.363 e. The zero-order valence-corrected chi connectivity index (χ0v) is 17.0. The van der Waals surface area contributed by atoms with Crippen molar-refractivity contribution in [1.82, 2.24) is 0 Å². The molecule has 0 radical (unpaired) electrons. The Balaban J connectivity index is 1.91. The first-order valence-corrected chi connectivity index (χ1v) is 9.77. The van der Waals surface area contributed by atoms with Gasteiger partial charge in [0.2, 0.25) is 5.90 Å². The Hall–Kier alpha value is -2.86. The summed E-state index contributed by atoms with van der Waals surface area (Å²) in [6.45, 7) is 4.90. The third-order valence-corrected chi connectivity index (χ3v) is 4.35. The predicted molar refractivity (Wildman–Crippen MR) is 110 cm³/mol. The summed E-state index contributed by atoms with van der Waals surface area (Å²) < 4.78 is 30.0. The highest BCUT2D eigenvalue weighted by molar-refractivity contribution is 6.32. The van der Waals surface area contributed by atoms with Crippen molar-refractivity contribution in [2.75, 3.05) is 13.2 Å². The van der Waals surface area contributed by atoms with Crippen LogP contribution in [0.15, 0.2) is 47.1 Å². The molecule has 2 aromatic rings. The first kappa shape index (κ1) is 20.9. The lowest BCUT2D eigenvalue weighted by atomic mass is 10.1. The Bertz CT molecular complexity index is 971. The lowest BCUT2D eigenvalue weighted by Crippen LogP contribution is -2.05. The molecule has 0 N–H and O–H groups in total. The molecule has 1 heterocycles. The molecule has 152 valence electrons. The van der Waals surface area contributed by atoms with Gasteiger partial charge in [-0.25, -0.2) is 14.2 Å². The highest BCUT2D eigenvalue weighted by Gasteiger charge is 2.25. The van der Waals surface area contributed by atoms with E-state index in [2.05, 4.69) is 11.9 Å². The number of aliphatic imine (C=N–C) groups is 1. The summed E-state index contributed by atoms with van der Waals surface area (Å²) >= 11 is 6.39. The van der Waals surface area contributed by atoms with Crippen LogP contribution < -0.4 is 9.47 Å². The molecule has 2 aromatic carbocycles. The maximum atomic E-state index is 13.4. The van der Waals surface area contributed by atoms with Crippen molar-refractivity contribution in [2.24, 2.45) is 4.99 Å². The van der Waals surface area contributed by atoms with Gasteiger partial charge in [-0.1, -0.05) is 31.0 Å². The SMILES string of the molecule is CCCCOc1c(Cl)cc(/C=C2\N=C(c3cccc(F)c3)OC2=O)cc1OCC. The van der Waals surface area contributed by atoms with Crippen LogP contribution in [0.3, 0.4) is 0 Å². The normalized spacial score (nSPS) is 14.7. The van der Waals surface area contributed by atoms with Gasteiger partial charge in [0.15, 0.2) is 17.2 Å². The van der Waals surface area contributed by atoms with Crippen molar-refractivity contribution in [2.45, 2.75) is 26.7 Å². The van der Waals surface area contributed by atoms with E-state index >= 15 is 0 Å². The molecule has 0 spiro atoms. The zero-order chi connectivity index (χ0) is 20.8. The van der Waals surface area contributed by atoms with Gasteiger partial charge in [0.25, 0.3) is 0 Å². The minimum absolute atomic E-state index is 0.0522. The van der Waals surface area contributed by atoms with Gasteiger partial charge < -0.3 is 14.2 Å². The highest BCUT2D eigenvalue weighted by Crippen LogP contribution is 2.37. The van der Waals surface area contributed by atoms with Gasteiger partial charge in [0.05, 0.1) is 18.2 Å². The highest BCUT2D eigenvalue weighted by atomic mass is 35.5. The summed E-state index contributed by atoms with van der Waals surface area (Å²) in [6.07, 6.45) is 3.44. The third kappa shape index (κ3) is 5.15.